The highest BCUT2D eigenvalue weighted by atomic mass is 35.5. The summed E-state index contributed by atoms with van der Waals surface area (Å²) in [6, 6.07) is 15.5. The summed E-state index contributed by atoms with van der Waals surface area (Å²) in [5.41, 5.74) is 1.05. The van der Waals surface area contributed by atoms with Gasteiger partial charge in [0.05, 0.1) is 35.0 Å². The Labute approximate surface area is 231 Å². The highest BCUT2D eigenvalue weighted by Gasteiger charge is 2.34. The van der Waals surface area contributed by atoms with Gasteiger partial charge in [-0.15, -0.1) is 0 Å². The van der Waals surface area contributed by atoms with Crippen molar-refractivity contribution in [3.8, 4) is 5.69 Å². The van der Waals surface area contributed by atoms with Crippen LogP contribution in [0.4, 0.5) is 39.8 Å². The van der Waals surface area contributed by atoms with Crippen molar-refractivity contribution in [2.45, 2.75) is 6.18 Å². The second-order valence-corrected chi connectivity index (χ2v) is 9.35. The lowest BCUT2D eigenvalue weighted by molar-refractivity contribution is -0.137. The minimum Gasteiger partial charge on any atom is -0.378 e. The summed E-state index contributed by atoms with van der Waals surface area (Å²) in [5, 5.41) is 15.9. The van der Waals surface area contributed by atoms with Crippen molar-refractivity contribution in [3.05, 3.63) is 83.5 Å². The molecule has 0 atom stereocenters. The van der Waals surface area contributed by atoms with Crippen LogP contribution < -0.4 is 15.7 Å². The molecule has 1 aliphatic heterocycles. The van der Waals surface area contributed by atoms with Gasteiger partial charge in [0.2, 0.25) is 0 Å². The highest BCUT2D eigenvalue weighted by molar-refractivity contribution is 6.31. The number of alkyl halides is 3. The van der Waals surface area contributed by atoms with E-state index in [1.807, 2.05) is 35.0 Å². The van der Waals surface area contributed by atoms with Gasteiger partial charge in [-0.05, 0) is 66.7 Å². The largest absolute Gasteiger partial charge is 0.417 e. The number of amides is 4. The van der Waals surface area contributed by atoms with Crippen LogP contribution in [-0.2, 0) is 10.9 Å². The van der Waals surface area contributed by atoms with Crippen molar-refractivity contribution in [3.63, 3.8) is 0 Å². The lowest BCUT2D eigenvalue weighted by Gasteiger charge is -2.26. The molecule has 1 saturated heterocycles. The number of rotatable bonds is 4. The van der Waals surface area contributed by atoms with Crippen LogP contribution in [0.3, 0.4) is 0 Å². The van der Waals surface area contributed by atoms with Crippen LogP contribution in [0.25, 0.3) is 16.6 Å². The number of nitrogens with zero attached hydrogens (tertiary/aromatic N) is 3. The van der Waals surface area contributed by atoms with Crippen LogP contribution >= 0.6 is 11.6 Å². The smallest absolute Gasteiger partial charge is 0.378 e. The number of aromatic nitrogens is 1. The Morgan fingerprint density at radius 3 is 2.33 bits per heavy atom. The predicted molar refractivity (Wildman–Crippen MR) is 144 cm³/mol. The number of benzene rings is 3. The van der Waals surface area contributed by atoms with Crippen LogP contribution in [0.15, 0.2) is 72.9 Å². The first-order valence-electron chi connectivity index (χ1n) is 12.1. The number of anilines is 3. The Bertz CT molecular complexity index is 1550. The zero-order chi connectivity index (χ0) is 28.4. The molecule has 0 unspecified atom stereocenters. The number of ether oxygens (including phenoxy) is 1. The van der Waals surface area contributed by atoms with E-state index in [-0.39, 0.29) is 11.1 Å². The first kappa shape index (κ1) is 27.3. The van der Waals surface area contributed by atoms with Gasteiger partial charge in [0.25, 0.3) is 0 Å². The number of carbonyl (C=O) groups is 2. The summed E-state index contributed by atoms with van der Waals surface area (Å²) in [6.45, 7) is 2.11. The third-order valence-electron chi connectivity index (χ3n) is 6.33. The van der Waals surface area contributed by atoms with Crippen LogP contribution in [0.2, 0.25) is 5.02 Å². The Balaban J connectivity index is 1.26. The molecule has 40 heavy (non-hydrogen) atoms. The van der Waals surface area contributed by atoms with Gasteiger partial charge in [-0.1, -0.05) is 11.6 Å². The summed E-state index contributed by atoms with van der Waals surface area (Å²) in [5.74, 6) is 0. The topological polar surface area (TPSA) is 99.1 Å². The van der Waals surface area contributed by atoms with Crippen molar-refractivity contribution in [1.82, 2.24) is 9.47 Å². The fourth-order valence-corrected chi connectivity index (χ4v) is 4.50. The molecular formula is C27H23ClF3N5O4. The molecule has 0 spiro atoms. The van der Waals surface area contributed by atoms with E-state index in [4.69, 9.17) is 16.3 Å². The van der Waals surface area contributed by atoms with Gasteiger partial charge in [-0.25, -0.2) is 9.59 Å². The van der Waals surface area contributed by atoms with Gasteiger partial charge in [0.15, 0.2) is 0 Å². The molecule has 13 heteroatoms. The first-order chi connectivity index (χ1) is 19.1. The standard InChI is InChI=1S/C27H23ClF3N5O4/c28-23-7-6-21(16-22(23)27(29,30)31)36(39)26(38)32-18-1-4-20(5-2-18)35-10-9-17-15-19(3-8-24(17)35)33-25(37)34-11-13-40-14-12-34/h1-10,15-16,39H,11-14H2,(H,32,38)(H,33,37). The summed E-state index contributed by atoms with van der Waals surface area (Å²) in [6.07, 6.45) is -2.89. The number of carbonyl (C=O) groups excluding carboxylic acids is 2. The molecular weight excluding hydrogens is 551 g/mol. The molecule has 0 radical (unpaired) electrons. The van der Waals surface area contributed by atoms with Gasteiger partial charge in [-0.2, -0.15) is 18.2 Å². The number of hydrogen-bond acceptors (Lipinski definition) is 4. The zero-order valence-electron chi connectivity index (χ0n) is 20.8. The summed E-state index contributed by atoms with van der Waals surface area (Å²) in [7, 11) is 0. The monoisotopic (exact) mass is 573 g/mol. The molecule has 3 N–H and O–H groups in total. The summed E-state index contributed by atoms with van der Waals surface area (Å²) >= 11 is 5.60. The molecule has 4 aromatic rings. The maximum Gasteiger partial charge on any atom is 0.417 e. The van der Waals surface area contributed by atoms with E-state index in [1.54, 1.807) is 29.2 Å². The molecule has 1 aliphatic rings. The number of nitrogens with one attached hydrogen (secondary N) is 2. The number of hydrogen-bond donors (Lipinski definition) is 3. The van der Waals surface area contributed by atoms with E-state index in [0.29, 0.717) is 43.7 Å². The molecule has 2 heterocycles. The fourth-order valence-electron chi connectivity index (χ4n) is 4.28. The van der Waals surface area contributed by atoms with E-state index in [0.717, 1.165) is 28.7 Å². The molecule has 5 rings (SSSR count). The van der Waals surface area contributed by atoms with E-state index in [2.05, 4.69) is 10.6 Å². The average Bonchev–Trinajstić information content (AvgIpc) is 3.36. The number of fused-ring (bicyclic) bond motifs is 1. The van der Waals surface area contributed by atoms with Gasteiger partial charge in [0, 0.05) is 41.7 Å². The molecule has 208 valence electrons. The first-order valence-corrected chi connectivity index (χ1v) is 12.5. The lowest BCUT2D eigenvalue weighted by atomic mass is 10.2. The second-order valence-electron chi connectivity index (χ2n) is 8.94. The third kappa shape index (κ3) is 5.83. The van der Waals surface area contributed by atoms with E-state index < -0.39 is 28.5 Å². The van der Waals surface area contributed by atoms with Gasteiger partial charge < -0.3 is 24.8 Å². The van der Waals surface area contributed by atoms with Crippen LogP contribution in [0.1, 0.15) is 5.56 Å². The van der Waals surface area contributed by atoms with Crippen LogP contribution in [0.5, 0.6) is 0 Å². The maximum absolute atomic E-state index is 13.1. The van der Waals surface area contributed by atoms with E-state index >= 15 is 0 Å². The average molecular weight is 574 g/mol. The number of halogens is 4. The van der Waals surface area contributed by atoms with Crippen molar-refractivity contribution in [2.24, 2.45) is 0 Å². The molecule has 0 saturated carbocycles. The fraction of sp³-hybridized carbons (Fsp3) is 0.185. The Morgan fingerprint density at radius 1 is 0.925 bits per heavy atom. The van der Waals surface area contributed by atoms with Gasteiger partial charge >= 0.3 is 18.2 Å². The normalized spacial score (nSPS) is 13.8. The number of morpholine rings is 1. The molecule has 4 amide bonds. The third-order valence-corrected chi connectivity index (χ3v) is 6.66. The Hall–Kier alpha value is -4.26. The lowest BCUT2D eigenvalue weighted by Crippen LogP contribution is -2.43. The molecule has 9 nitrogen and oxygen atoms in total. The molecule has 0 bridgehead atoms. The van der Waals surface area contributed by atoms with Gasteiger partial charge in [-0.3, -0.25) is 5.21 Å². The minimum atomic E-state index is -4.75. The number of urea groups is 2. The quantitative estimate of drug-likeness (QED) is 0.189. The molecule has 0 aliphatic carbocycles. The van der Waals surface area contributed by atoms with E-state index in [9.17, 15) is 28.0 Å². The zero-order valence-corrected chi connectivity index (χ0v) is 21.5. The SMILES string of the molecule is O=C(Nc1ccc2c(ccn2-c2ccc(NC(=O)N(O)c3ccc(Cl)c(C(F)(F)F)c3)cc2)c1)N1CCOCC1. The molecule has 3 aromatic carbocycles. The van der Waals surface area contributed by atoms with Crippen molar-refractivity contribution >= 4 is 51.6 Å². The van der Waals surface area contributed by atoms with Crippen LogP contribution in [-0.4, -0.2) is 53.0 Å². The Morgan fingerprint density at radius 2 is 1.62 bits per heavy atom. The highest BCUT2D eigenvalue weighted by Crippen LogP contribution is 2.37. The second kappa shape index (κ2) is 11.1. The van der Waals surface area contributed by atoms with Crippen molar-refractivity contribution < 1.29 is 32.7 Å². The maximum atomic E-state index is 13.1. The molecule has 1 fully saturated rings. The molecule has 1 aromatic heterocycles. The van der Waals surface area contributed by atoms with Gasteiger partial charge in [0.1, 0.15) is 0 Å². The minimum absolute atomic E-state index is 0.0777. The number of hydroxylamine groups is 1. The summed E-state index contributed by atoms with van der Waals surface area (Å²) in [4.78, 5) is 26.6. The predicted octanol–water partition coefficient (Wildman–Crippen LogP) is 6.59. The van der Waals surface area contributed by atoms with E-state index in [1.165, 1.54) is 0 Å². The Kier molecular flexibility index (Phi) is 7.57. The summed E-state index contributed by atoms with van der Waals surface area (Å²) < 4.78 is 46.6. The van der Waals surface area contributed by atoms with Crippen molar-refractivity contribution in [1.29, 1.82) is 0 Å². The van der Waals surface area contributed by atoms with Crippen LogP contribution in [0, 0.1) is 0 Å². The van der Waals surface area contributed by atoms with Crippen molar-refractivity contribution in [2.75, 3.05) is 42.0 Å².